The van der Waals surface area contributed by atoms with Gasteiger partial charge in [-0.05, 0) is 54.8 Å². The lowest BCUT2D eigenvalue weighted by molar-refractivity contribution is -0.127. The summed E-state index contributed by atoms with van der Waals surface area (Å²) in [5.41, 5.74) is 3.22. The van der Waals surface area contributed by atoms with Gasteiger partial charge < -0.3 is 10.1 Å². The second kappa shape index (κ2) is 8.74. The number of halogens is 1. The zero-order valence-electron chi connectivity index (χ0n) is 15.4. The van der Waals surface area contributed by atoms with E-state index in [9.17, 15) is 4.79 Å². The Morgan fingerprint density at radius 1 is 0.926 bits per heavy atom. The number of carbonyl (C=O) groups is 1. The molecular formula is C23H22ClNO2. The molecule has 0 unspecified atom stereocenters. The summed E-state index contributed by atoms with van der Waals surface area (Å²) in [6, 6.07) is 24.7. The van der Waals surface area contributed by atoms with Crippen LogP contribution in [-0.4, -0.2) is 12.0 Å². The Kier molecular flexibility index (Phi) is 6.15. The Morgan fingerprint density at radius 3 is 2.22 bits per heavy atom. The number of benzene rings is 3. The Hall–Kier alpha value is -2.78. The van der Waals surface area contributed by atoms with Crippen molar-refractivity contribution in [2.45, 2.75) is 26.0 Å². The van der Waals surface area contributed by atoms with Gasteiger partial charge in [0.15, 0.2) is 6.10 Å². The number of aryl methyl sites for hydroxylation is 1. The van der Waals surface area contributed by atoms with Crippen LogP contribution in [0.15, 0.2) is 78.9 Å². The Balaban J connectivity index is 1.80. The maximum atomic E-state index is 12.8. The average molecular weight is 380 g/mol. The number of hydrogen-bond acceptors (Lipinski definition) is 2. The molecule has 0 fully saturated rings. The summed E-state index contributed by atoms with van der Waals surface area (Å²) in [7, 11) is 0. The number of carbonyl (C=O) groups excluding carboxylic acids is 1. The molecule has 0 saturated carbocycles. The minimum atomic E-state index is -0.638. The minimum Gasteiger partial charge on any atom is -0.481 e. The van der Waals surface area contributed by atoms with E-state index in [1.807, 2.05) is 61.5 Å². The number of nitrogens with one attached hydrogen (secondary N) is 1. The van der Waals surface area contributed by atoms with Crippen molar-refractivity contribution in [2.75, 3.05) is 0 Å². The summed E-state index contributed by atoms with van der Waals surface area (Å²) in [5.74, 6) is 0.427. The van der Waals surface area contributed by atoms with Crippen molar-refractivity contribution in [3.63, 3.8) is 0 Å². The van der Waals surface area contributed by atoms with Crippen LogP contribution in [0.4, 0.5) is 0 Å². The molecule has 0 aromatic heterocycles. The zero-order valence-corrected chi connectivity index (χ0v) is 16.1. The van der Waals surface area contributed by atoms with Gasteiger partial charge in [-0.2, -0.15) is 0 Å². The highest BCUT2D eigenvalue weighted by Gasteiger charge is 2.22. The maximum absolute atomic E-state index is 12.8. The molecule has 3 aromatic rings. The van der Waals surface area contributed by atoms with Gasteiger partial charge in [-0.1, -0.05) is 66.2 Å². The first-order valence-corrected chi connectivity index (χ1v) is 9.25. The molecule has 4 heteroatoms. The van der Waals surface area contributed by atoms with Crippen molar-refractivity contribution in [1.82, 2.24) is 5.32 Å². The molecule has 0 saturated heterocycles. The van der Waals surface area contributed by atoms with Crippen molar-refractivity contribution in [3.8, 4) is 5.75 Å². The van der Waals surface area contributed by atoms with E-state index in [0.29, 0.717) is 10.8 Å². The van der Waals surface area contributed by atoms with E-state index in [2.05, 4.69) is 5.32 Å². The first kappa shape index (κ1) is 19.0. The predicted molar refractivity (Wildman–Crippen MR) is 109 cm³/mol. The van der Waals surface area contributed by atoms with E-state index in [0.717, 1.165) is 16.7 Å². The topological polar surface area (TPSA) is 38.3 Å². The van der Waals surface area contributed by atoms with Crippen molar-refractivity contribution in [1.29, 1.82) is 0 Å². The lowest BCUT2D eigenvalue weighted by atomic mass is 9.95. The van der Waals surface area contributed by atoms with E-state index >= 15 is 0 Å². The summed E-state index contributed by atoms with van der Waals surface area (Å²) in [6.07, 6.45) is -0.638. The third-order valence-electron chi connectivity index (χ3n) is 4.41. The van der Waals surface area contributed by atoms with Crippen molar-refractivity contribution < 1.29 is 9.53 Å². The standard InChI is InChI=1S/C23H22ClNO2/c1-16-8-6-7-11-21(16)22(18-9-4-3-5-10-18)25-23(26)17(2)27-20-14-12-19(24)13-15-20/h3-15,17,22H,1-2H3,(H,25,26)/t17-,22-/m1/s1. The number of hydrogen-bond donors (Lipinski definition) is 1. The lowest BCUT2D eigenvalue weighted by Gasteiger charge is -2.24. The van der Waals surface area contributed by atoms with Crippen molar-refractivity contribution >= 4 is 17.5 Å². The van der Waals surface area contributed by atoms with Gasteiger partial charge in [0.05, 0.1) is 6.04 Å². The smallest absolute Gasteiger partial charge is 0.261 e. The minimum absolute atomic E-state index is 0.179. The second-order valence-corrected chi connectivity index (χ2v) is 6.86. The normalized spacial score (nSPS) is 12.9. The highest BCUT2D eigenvalue weighted by Crippen LogP contribution is 2.25. The molecule has 3 aromatic carbocycles. The molecule has 1 N–H and O–H groups in total. The molecule has 0 bridgehead atoms. The first-order chi connectivity index (χ1) is 13.0. The molecule has 2 atom stereocenters. The quantitative estimate of drug-likeness (QED) is 0.629. The van der Waals surface area contributed by atoms with Gasteiger partial charge >= 0.3 is 0 Å². The summed E-state index contributed by atoms with van der Waals surface area (Å²) in [6.45, 7) is 3.79. The fourth-order valence-corrected chi connectivity index (χ4v) is 3.05. The van der Waals surface area contributed by atoms with E-state index in [1.165, 1.54) is 0 Å². The predicted octanol–water partition coefficient (Wildman–Crippen LogP) is 5.32. The highest BCUT2D eigenvalue weighted by molar-refractivity contribution is 6.30. The van der Waals surface area contributed by atoms with Crippen molar-refractivity contribution in [2.24, 2.45) is 0 Å². The fraction of sp³-hybridized carbons (Fsp3) is 0.174. The van der Waals surface area contributed by atoms with Crippen LogP contribution in [0.1, 0.15) is 29.7 Å². The van der Waals surface area contributed by atoms with Gasteiger partial charge in [0.2, 0.25) is 0 Å². The molecule has 138 valence electrons. The summed E-state index contributed by atoms with van der Waals surface area (Å²) in [5, 5.41) is 3.76. The second-order valence-electron chi connectivity index (χ2n) is 6.42. The number of amides is 1. The molecule has 27 heavy (non-hydrogen) atoms. The van der Waals surface area contributed by atoms with Crippen molar-refractivity contribution in [3.05, 3.63) is 101 Å². The van der Waals surface area contributed by atoms with Crippen LogP contribution >= 0.6 is 11.6 Å². The molecule has 0 radical (unpaired) electrons. The number of ether oxygens (including phenoxy) is 1. The monoisotopic (exact) mass is 379 g/mol. The first-order valence-electron chi connectivity index (χ1n) is 8.87. The van der Waals surface area contributed by atoms with Gasteiger partial charge in [0.1, 0.15) is 5.75 Å². The van der Waals surface area contributed by atoms with Gasteiger partial charge in [-0.15, -0.1) is 0 Å². The molecule has 0 aliphatic rings. The summed E-state index contributed by atoms with van der Waals surface area (Å²) < 4.78 is 5.76. The Morgan fingerprint density at radius 2 is 1.56 bits per heavy atom. The van der Waals surface area contributed by atoms with Crippen LogP contribution in [-0.2, 0) is 4.79 Å². The average Bonchev–Trinajstić information content (AvgIpc) is 2.69. The SMILES string of the molecule is Cc1ccccc1[C@H](NC(=O)[C@@H](C)Oc1ccc(Cl)cc1)c1ccccc1. The molecule has 0 aliphatic heterocycles. The summed E-state index contributed by atoms with van der Waals surface area (Å²) >= 11 is 5.90. The lowest BCUT2D eigenvalue weighted by Crippen LogP contribution is -2.39. The van der Waals surface area contributed by atoms with Crippen LogP contribution in [0.5, 0.6) is 5.75 Å². The van der Waals surface area contributed by atoms with Crippen LogP contribution in [0.2, 0.25) is 5.02 Å². The van der Waals surface area contributed by atoms with E-state index in [4.69, 9.17) is 16.3 Å². The Bertz CT molecular complexity index is 894. The molecule has 1 amide bonds. The van der Waals surface area contributed by atoms with E-state index < -0.39 is 6.10 Å². The van der Waals surface area contributed by atoms with Crippen LogP contribution in [0.25, 0.3) is 0 Å². The molecule has 3 nitrogen and oxygen atoms in total. The molecule has 3 rings (SSSR count). The maximum Gasteiger partial charge on any atom is 0.261 e. The van der Waals surface area contributed by atoms with Crippen LogP contribution < -0.4 is 10.1 Å². The van der Waals surface area contributed by atoms with Gasteiger partial charge in [0.25, 0.3) is 5.91 Å². The molecule has 0 aliphatic carbocycles. The largest absolute Gasteiger partial charge is 0.481 e. The zero-order chi connectivity index (χ0) is 19.2. The molecule has 0 spiro atoms. The highest BCUT2D eigenvalue weighted by atomic mass is 35.5. The van der Waals surface area contributed by atoms with E-state index in [-0.39, 0.29) is 11.9 Å². The van der Waals surface area contributed by atoms with E-state index in [1.54, 1.807) is 31.2 Å². The Labute approximate surface area is 164 Å². The molecule has 0 heterocycles. The van der Waals surface area contributed by atoms with Gasteiger partial charge in [0, 0.05) is 5.02 Å². The molecular weight excluding hydrogens is 358 g/mol. The third kappa shape index (κ3) is 4.89. The third-order valence-corrected chi connectivity index (χ3v) is 4.67. The summed E-state index contributed by atoms with van der Waals surface area (Å²) in [4.78, 5) is 12.8. The fourth-order valence-electron chi connectivity index (χ4n) is 2.93. The van der Waals surface area contributed by atoms with Crippen LogP contribution in [0, 0.1) is 6.92 Å². The van der Waals surface area contributed by atoms with Gasteiger partial charge in [-0.3, -0.25) is 4.79 Å². The van der Waals surface area contributed by atoms with Crippen LogP contribution in [0.3, 0.4) is 0 Å². The van der Waals surface area contributed by atoms with Gasteiger partial charge in [-0.25, -0.2) is 0 Å². The number of rotatable bonds is 6.